The maximum absolute atomic E-state index is 10.6. The molecule has 0 aromatic heterocycles. The van der Waals surface area contributed by atoms with Gasteiger partial charge in [-0.25, -0.2) is 0 Å². The summed E-state index contributed by atoms with van der Waals surface area (Å²) in [6.07, 6.45) is 0.301. The number of nitro groups is 1. The number of hydrogen-bond donors (Lipinski definition) is 1. The van der Waals surface area contributed by atoms with Crippen LogP contribution in [0, 0.1) is 10.1 Å². The van der Waals surface area contributed by atoms with E-state index in [0.717, 1.165) is 0 Å². The number of nitro benzene ring substituents is 1. The van der Waals surface area contributed by atoms with Gasteiger partial charge in [-0.15, -0.1) is 0 Å². The molecule has 86 valence electrons. The molecule has 1 aliphatic rings. The highest BCUT2D eigenvalue weighted by Crippen LogP contribution is 2.42. The van der Waals surface area contributed by atoms with Gasteiger partial charge in [0, 0.05) is 19.4 Å². The molecule has 0 saturated carbocycles. The Hall–Kier alpha value is -1.82. The molecule has 1 aromatic carbocycles. The highest BCUT2D eigenvalue weighted by Gasteiger charge is 2.37. The number of non-ortho nitro benzene ring substituents is 1. The first kappa shape index (κ1) is 10.7. The predicted molar refractivity (Wildman–Crippen MR) is 54.5 cm³/mol. The van der Waals surface area contributed by atoms with Crippen LogP contribution in [0.15, 0.2) is 18.2 Å². The average molecular weight is 225 g/mol. The quantitative estimate of drug-likeness (QED) is 0.622. The first-order chi connectivity index (χ1) is 7.54. The van der Waals surface area contributed by atoms with E-state index >= 15 is 0 Å². The molecule has 1 aliphatic heterocycles. The lowest BCUT2D eigenvalue weighted by Gasteiger charge is -2.21. The number of ether oxygens (including phenoxy) is 2. The molecule has 6 nitrogen and oxygen atoms in total. The molecule has 16 heavy (non-hydrogen) atoms. The zero-order valence-electron chi connectivity index (χ0n) is 8.67. The summed E-state index contributed by atoms with van der Waals surface area (Å²) in [6.45, 7) is 1.60. The smallest absolute Gasteiger partial charge is 0.273 e. The van der Waals surface area contributed by atoms with Gasteiger partial charge in [0.05, 0.1) is 17.6 Å². The lowest BCUT2D eigenvalue weighted by Crippen LogP contribution is -2.35. The fourth-order valence-corrected chi connectivity index (χ4v) is 1.57. The molecule has 0 amide bonds. The van der Waals surface area contributed by atoms with Gasteiger partial charge in [0.15, 0.2) is 11.5 Å². The maximum atomic E-state index is 10.6. The zero-order chi connectivity index (χ0) is 11.8. The van der Waals surface area contributed by atoms with Crippen LogP contribution in [0.4, 0.5) is 5.69 Å². The third kappa shape index (κ3) is 1.79. The van der Waals surface area contributed by atoms with Crippen molar-refractivity contribution >= 4 is 5.69 Å². The Balaban J connectivity index is 2.27. The van der Waals surface area contributed by atoms with Crippen molar-refractivity contribution in [3.63, 3.8) is 0 Å². The number of aliphatic hydroxyl groups excluding tert-OH is 1. The van der Waals surface area contributed by atoms with E-state index in [4.69, 9.17) is 14.6 Å². The molecule has 2 rings (SSSR count). The summed E-state index contributed by atoms with van der Waals surface area (Å²) >= 11 is 0. The Morgan fingerprint density at radius 2 is 2.12 bits per heavy atom. The van der Waals surface area contributed by atoms with Crippen LogP contribution in [-0.2, 0) is 0 Å². The highest BCUT2D eigenvalue weighted by atomic mass is 16.7. The van der Waals surface area contributed by atoms with Gasteiger partial charge in [0.2, 0.25) is 0 Å². The Labute approximate surface area is 91.6 Å². The van der Waals surface area contributed by atoms with Crippen molar-refractivity contribution in [2.75, 3.05) is 6.61 Å². The molecule has 0 bridgehead atoms. The van der Waals surface area contributed by atoms with Gasteiger partial charge >= 0.3 is 0 Å². The fourth-order valence-electron chi connectivity index (χ4n) is 1.57. The van der Waals surface area contributed by atoms with E-state index in [9.17, 15) is 10.1 Å². The summed E-state index contributed by atoms with van der Waals surface area (Å²) in [5.74, 6) is -0.140. The van der Waals surface area contributed by atoms with Crippen molar-refractivity contribution < 1.29 is 19.5 Å². The van der Waals surface area contributed by atoms with Gasteiger partial charge in [0.25, 0.3) is 11.5 Å². The van der Waals surface area contributed by atoms with Crippen LogP contribution in [0.5, 0.6) is 11.5 Å². The second-order valence-electron chi connectivity index (χ2n) is 3.70. The summed E-state index contributed by atoms with van der Waals surface area (Å²) < 4.78 is 10.9. The number of benzene rings is 1. The van der Waals surface area contributed by atoms with E-state index in [1.165, 1.54) is 18.2 Å². The Bertz CT molecular complexity index is 433. The normalized spacial score (nSPS) is 22.1. The molecule has 0 aliphatic carbocycles. The van der Waals surface area contributed by atoms with Crippen LogP contribution in [0.2, 0.25) is 0 Å². The second kappa shape index (κ2) is 3.64. The third-order valence-corrected chi connectivity index (χ3v) is 2.36. The molecule has 1 atom stereocenters. The van der Waals surface area contributed by atoms with Crippen molar-refractivity contribution in [2.45, 2.75) is 19.1 Å². The van der Waals surface area contributed by atoms with E-state index in [1.54, 1.807) is 6.92 Å². The Kier molecular flexibility index (Phi) is 2.43. The number of fused-ring (bicyclic) bond motifs is 1. The molecule has 0 saturated heterocycles. The molecule has 1 unspecified atom stereocenters. The summed E-state index contributed by atoms with van der Waals surface area (Å²) in [5, 5.41) is 19.4. The topological polar surface area (TPSA) is 81.8 Å². The van der Waals surface area contributed by atoms with E-state index in [2.05, 4.69) is 0 Å². The predicted octanol–water partition coefficient (Wildman–Crippen LogP) is 1.46. The SMILES string of the molecule is CC1(CCO)Oc2ccc([N+](=O)[O-])cc2O1. The largest absolute Gasteiger partial charge is 0.449 e. The minimum atomic E-state index is -0.938. The first-order valence-electron chi connectivity index (χ1n) is 4.81. The lowest BCUT2D eigenvalue weighted by atomic mass is 10.2. The third-order valence-electron chi connectivity index (χ3n) is 2.36. The standard InChI is InChI=1S/C10H11NO5/c1-10(4-5-12)15-8-3-2-7(11(13)14)6-9(8)16-10/h2-3,6,12H,4-5H2,1H3. The molecule has 0 spiro atoms. The number of rotatable bonds is 3. The van der Waals surface area contributed by atoms with E-state index in [-0.39, 0.29) is 12.3 Å². The maximum Gasteiger partial charge on any atom is 0.273 e. The monoisotopic (exact) mass is 225 g/mol. The molecule has 0 radical (unpaired) electrons. The van der Waals surface area contributed by atoms with Gasteiger partial charge in [-0.05, 0) is 6.07 Å². The summed E-state index contributed by atoms with van der Waals surface area (Å²) in [4.78, 5) is 10.1. The van der Waals surface area contributed by atoms with E-state index < -0.39 is 10.7 Å². The molecular formula is C10H11NO5. The van der Waals surface area contributed by atoms with Crippen LogP contribution in [-0.4, -0.2) is 22.4 Å². The number of hydrogen-bond acceptors (Lipinski definition) is 5. The first-order valence-corrected chi connectivity index (χ1v) is 4.81. The molecule has 1 N–H and O–H groups in total. The zero-order valence-corrected chi connectivity index (χ0v) is 8.67. The minimum Gasteiger partial charge on any atom is -0.449 e. The van der Waals surface area contributed by atoms with Crippen molar-refractivity contribution in [3.8, 4) is 11.5 Å². The summed E-state index contributed by atoms with van der Waals surface area (Å²) in [5.41, 5.74) is -0.0457. The molecule has 1 heterocycles. The van der Waals surface area contributed by atoms with E-state index in [0.29, 0.717) is 17.9 Å². The van der Waals surface area contributed by atoms with Crippen LogP contribution >= 0.6 is 0 Å². The Morgan fingerprint density at radius 1 is 1.44 bits per heavy atom. The van der Waals surface area contributed by atoms with E-state index in [1.807, 2.05) is 0 Å². The van der Waals surface area contributed by atoms with Crippen LogP contribution in [0.3, 0.4) is 0 Å². The minimum absolute atomic E-state index is 0.0457. The van der Waals surface area contributed by atoms with Gasteiger partial charge in [-0.1, -0.05) is 0 Å². The summed E-state index contributed by atoms with van der Waals surface area (Å²) in [6, 6.07) is 4.17. The van der Waals surface area contributed by atoms with Crippen LogP contribution in [0.25, 0.3) is 0 Å². The van der Waals surface area contributed by atoms with Gasteiger partial charge in [-0.2, -0.15) is 0 Å². The molecule has 1 aromatic rings. The highest BCUT2D eigenvalue weighted by molar-refractivity contribution is 5.50. The van der Waals surface area contributed by atoms with Crippen LogP contribution < -0.4 is 9.47 Å². The molecule has 6 heteroatoms. The molecular weight excluding hydrogens is 214 g/mol. The van der Waals surface area contributed by atoms with Crippen LogP contribution in [0.1, 0.15) is 13.3 Å². The van der Waals surface area contributed by atoms with Crippen molar-refractivity contribution in [2.24, 2.45) is 0 Å². The van der Waals surface area contributed by atoms with Crippen molar-refractivity contribution in [1.29, 1.82) is 0 Å². The van der Waals surface area contributed by atoms with Crippen molar-refractivity contribution in [3.05, 3.63) is 28.3 Å². The second-order valence-corrected chi connectivity index (χ2v) is 3.70. The molecule has 0 fully saturated rings. The Morgan fingerprint density at radius 3 is 2.75 bits per heavy atom. The van der Waals surface area contributed by atoms with Crippen molar-refractivity contribution in [1.82, 2.24) is 0 Å². The average Bonchev–Trinajstić information content (AvgIpc) is 2.52. The van der Waals surface area contributed by atoms with Gasteiger partial charge in [-0.3, -0.25) is 10.1 Å². The number of nitrogens with zero attached hydrogens (tertiary/aromatic N) is 1. The van der Waals surface area contributed by atoms with Gasteiger partial charge in [0.1, 0.15) is 0 Å². The lowest BCUT2D eigenvalue weighted by molar-refractivity contribution is -0.384. The summed E-state index contributed by atoms with van der Waals surface area (Å²) in [7, 11) is 0. The number of aliphatic hydroxyl groups is 1. The fraction of sp³-hybridized carbons (Fsp3) is 0.400. The van der Waals surface area contributed by atoms with Gasteiger partial charge < -0.3 is 14.6 Å².